The van der Waals surface area contributed by atoms with Crippen LogP contribution in [0.4, 0.5) is 0 Å². The zero-order chi connectivity index (χ0) is 12.6. The van der Waals surface area contributed by atoms with Gasteiger partial charge in [-0.25, -0.2) is 4.98 Å². The standard InChI is InChI=1S/C12H15N5/c1-12(2,3)10-6-16-7-4-8(11(13)14)15-5-9(7)17-10/h4-6H,1-3H3,(H3,13,14). The molecule has 5 nitrogen and oxygen atoms in total. The Morgan fingerprint density at radius 2 is 1.88 bits per heavy atom. The molecule has 0 aliphatic rings. The predicted octanol–water partition coefficient (Wildman–Crippen LogP) is 1.61. The Balaban J connectivity index is 2.58. The average molecular weight is 229 g/mol. The molecule has 0 bridgehead atoms. The second kappa shape index (κ2) is 3.76. The number of amidine groups is 1. The zero-order valence-corrected chi connectivity index (χ0v) is 10.2. The van der Waals surface area contributed by atoms with Gasteiger partial charge < -0.3 is 5.73 Å². The van der Waals surface area contributed by atoms with Crippen LogP contribution >= 0.6 is 0 Å². The molecule has 2 aromatic rings. The third-order valence-electron chi connectivity index (χ3n) is 2.47. The van der Waals surface area contributed by atoms with Crippen LogP contribution < -0.4 is 5.73 Å². The van der Waals surface area contributed by atoms with Crippen LogP contribution in [0, 0.1) is 5.41 Å². The Hall–Kier alpha value is -2.04. The first kappa shape index (κ1) is 11.4. The molecule has 0 aliphatic carbocycles. The highest BCUT2D eigenvalue weighted by molar-refractivity contribution is 5.95. The van der Waals surface area contributed by atoms with Gasteiger partial charge in [0.25, 0.3) is 0 Å². The van der Waals surface area contributed by atoms with Crippen molar-refractivity contribution in [3.8, 4) is 0 Å². The zero-order valence-electron chi connectivity index (χ0n) is 10.2. The molecule has 2 aromatic heterocycles. The normalized spacial score (nSPS) is 11.7. The number of hydrogen-bond acceptors (Lipinski definition) is 4. The minimum absolute atomic E-state index is 0.0412. The summed E-state index contributed by atoms with van der Waals surface area (Å²) in [5, 5.41) is 7.32. The van der Waals surface area contributed by atoms with E-state index in [9.17, 15) is 0 Å². The van der Waals surface area contributed by atoms with Crippen molar-refractivity contribution in [2.45, 2.75) is 26.2 Å². The lowest BCUT2D eigenvalue weighted by Crippen LogP contribution is -2.15. The van der Waals surface area contributed by atoms with Crippen molar-refractivity contribution in [3.05, 3.63) is 29.8 Å². The van der Waals surface area contributed by atoms with E-state index in [1.54, 1.807) is 18.5 Å². The summed E-state index contributed by atoms with van der Waals surface area (Å²) in [5.41, 5.74) is 8.11. The van der Waals surface area contributed by atoms with Gasteiger partial charge in [0.15, 0.2) is 0 Å². The first-order chi connectivity index (χ1) is 7.88. The number of nitrogens with two attached hydrogens (primary N) is 1. The minimum atomic E-state index is -0.0615. The molecule has 0 saturated carbocycles. The largest absolute Gasteiger partial charge is 0.382 e. The van der Waals surface area contributed by atoms with Gasteiger partial charge in [-0.15, -0.1) is 0 Å². The fourth-order valence-corrected chi connectivity index (χ4v) is 1.43. The van der Waals surface area contributed by atoms with Crippen molar-refractivity contribution >= 4 is 16.9 Å². The summed E-state index contributed by atoms with van der Waals surface area (Å²) in [6.45, 7) is 6.25. The predicted molar refractivity (Wildman–Crippen MR) is 67.0 cm³/mol. The van der Waals surface area contributed by atoms with Crippen LogP contribution in [0.15, 0.2) is 18.5 Å². The monoisotopic (exact) mass is 229 g/mol. The van der Waals surface area contributed by atoms with Gasteiger partial charge >= 0.3 is 0 Å². The summed E-state index contributed by atoms with van der Waals surface area (Å²) in [6, 6.07) is 1.68. The highest BCUT2D eigenvalue weighted by Gasteiger charge is 2.16. The number of nitrogens with one attached hydrogen (secondary N) is 1. The van der Waals surface area contributed by atoms with E-state index >= 15 is 0 Å². The molecule has 0 spiro atoms. The molecule has 2 heterocycles. The fourth-order valence-electron chi connectivity index (χ4n) is 1.43. The van der Waals surface area contributed by atoms with E-state index in [1.807, 2.05) is 0 Å². The molecule has 0 atom stereocenters. The molecule has 0 radical (unpaired) electrons. The van der Waals surface area contributed by atoms with Gasteiger partial charge in [-0.05, 0) is 6.07 Å². The number of rotatable bonds is 1. The summed E-state index contributed by atoms with van der Waals surface area (Å²) in [6.07, 6.45) is 3.36. The summed E-state index contributed by atoms with van der Waals surface area (Å²) in [4.78, 5) is 12.9. The lowest BCUT2D eigenvalue weighted by Gasteiger charge is -2.17. The molecular weight excluding hydrogens is 214 g/mol. The smallest absolute Gasteiger partial charge is 0.141 e. The molecule has 0 unspecified atom stereocenters. The van der Waals surface area contributed by atoms with Crippen molar-refractivity contribution < 1.29 is 0 Å². The lowest BCUT2D eigenvalue weighted by molar-refractivity contribution is 0.568. The third kappa shape index (κ3) is 2.22. The second-order valence-electron chi connectivity index (χ2n) is 4.98. The van der Waals surface area contributed by atoms with Crippen molar-refractivity contribution in [2.75, 3.05) is 0 Å². The van der Waals surface area contributed by atoms with Gasteiger partial charge in [0.1, 0.15) is 17.0 Å². The van der Waals surface area contributed by atoms with Crippen LogP contribution in [-0.4, -0.2) is 20.8 Å². The Labute approximate surface area is 99.6 Å². The first-order valence-electron chi connectivity index (χ1n) is 5.35. The Kier molecular flexibility index (Phi) is 2.53. The quantitative estimate of drug-likeness (QED) is 0.574. The van der Waals surface area contributed by atoms with E-state index < -0.39 is 0 Å². The molecule has 0 saturated heterocycles. The van der Waals surface area contributed by atoms with E-state index in [4.69, 9.17) is 11.1 Å². The molecule has 0 aliphatic heterocycles. The molecule has 0 aromatic carbocycles. The van der Waals surface area contributed by atoms with E-state index in [2.05, 4.69) is 35.7 Å². The van der Waals surface area contributed by atoms with E-state index in [-0.39, 0.29) is 11.3 Å². The van der Waals surface area contributed by atoms with Crippen LogP contribution in [0.25, 0.3) is 11.0 Å². The number of fused-ring (bicyclic) bond motifs is 1. The molecule has 88 valence electrons. The maximum absolute atomic E-state index is 7.32. The Morgan fingerprint density at radius 3 is 2.47 bits per heavy atom. The van der Waals surface area contributed by atoms with Gasteiger partial charge in [0.2, 0.25) is 0 Å². The van der Waals surface area contributed by atoms with Crippen molar-refractivity contribution in [2.24, 2.45) is 5.73 Å². The Morgan fingerprint density at radius 1 is 1.18 bits per heavy atom. The lowest BCUT2D eigenvalue weighted by atomic mass is 9.92. The van der Waals surface area contributed by atoms with Crippen LogP contribution in [0.3, 0.4) is 0 Å². The van der Waals surface area contributed by atoms with Crippen LogP contribution in [0.1, 0.15) is 32.2 Å². The highest BCUT2D eigenvalue weighted by atomic mass is 14.9. The molecule has 0 fully saturated rings. The van der Waals surface area contributed by atoms with E-state index in [0.717, 1.165) is 11.2 Å². The van der Waals surface area contributed by atoms with Crippen LogP contribution in [-0.2, 0) is 5.41 Å². The number of nitrogen functional groups attached to an aromatic ring is 1. The maximum Gasteiger partial charge on any atom is 0.141 e. The molecule has 2 rings (SSSR count). The fraction of sp³-hybridized carbons (Fsp3) is 0.333. The van der Waals surface area contributed by atoms with Gasteiger partial charge in [0.05, 0.1) is 17.4 Å². The minimum Gasteiger partial charge on any atom is -0.382 e. The molecule has 0 amide bonds. The molecule has 17 heavy (non-hydrogen) atoms. The topological polar surface area (TPSA) is 88.5 Å². The summed E-state index contributed by atoms with van der Waals surface area (Å²) in [7, 11) is 0. The highest BCUT2D eigenvalue weighted by Crippen LogP contribution is 2.21. The van der Waals surface area contributed by atoms with Gasteiger partial charge in [0, 0.05) is 11.6 Å². The Bertz CT molecular complexity index is 583. The van der Waals surface area contributed by atoms with Crippen LogP contribution in [0.2, 0.25) is 0 Å². The number of pyridine rings is 1. The van der Waals surface area contributed by atoms with E-state index in [1.165, 1.54) is 0 Å². The van der Waals surface area contributed by atoms with Gasteiger partial charge in [-0.3, -0.25) is 15.4 Å². The van der Waals surface area contributed by atoms with E-state index in [0.29, 0.717) is 11.2 Å². The van der Waals surface area contributed by atoms with Crippen molar-refractivity contribution in [1.29, 1.82) is 5.41 Å². The van der Waals surface area contributed by atoms with Crippen LogP contribution in [0.5, 0.6) is 0 Å². The number of hydrogen-bond donors (Lipinski definition) is 2. The summed E-state index contributed by atoms with van der Waals surface area (Å²) >= 11 is 0. The number of aromatic nitrogens is 3. The summed E-state index contributed by atoms with van der Waals surface area (Å²) in [5.74, 6) is -0.0615. The van der Waals surface area contributed by atoms with Crippen molar-refractivity contribution in [3.63, 3.8) is 0 Å². The molecular formula is C12H15N5. The average Bonchev–Trinajstić information content (AvgIpc) is 2.26. The van der Waals surface area contributed by atoms with Gasteiger partial charge in [-0.1, -0.05) is 20.8 Å². The summed E-state index contributed by atoms with van der Waals surface area (Å²) < 4.78 is 0. The SMILES string of the molecule is CC(C)(C)c1cnc2cc(C(=N)N)ncc2n1. The van der Waals surface area contributed by atoms with Gasteiger partial charge in [-0.2, -0.15) is 0 Å². The van der Waals surface area contributed by atoms with Crippen molar-refractivity contribution in [1.82, 2.24) is 15.0 Å². The molecule has 3 N–H and O–H groups in total. The third-order valence-corrected chi connectivity index (χ3v) is 2.47. The second-order valence-corrected chi connectivity index (χ2v) is 4.98. The maximum atomic E-state index is 7.32. The number of nitrogens with zero attached hydrogens (tertiary/aromatic N) is 3. The first-order valence-corrected chi connectivity index (χ1v) is 5.35. The molecule has 5 heteroatoms.